The first-order valence-corrected chi connectivity index (χ1v) is 5.70. The average molecular weight is 214 g/mol. The fourth-order valence-corrected chi connectivity index (χ4v) is 2.01. The third-order valence-corrected chi connectivity index (χ3v) is 3.15. The van der Waals surface area contributed by atoms with Gasteiger partial charge in [0, 0.05) is 19.7 Å². The molecule has 4 nitrogen and oxygen atoms in total. The maximum atomic E-state index is 11.6. The molecule has 0 aromatic rings. The van der Waals surface area contributed by atoms with Gasteiger partial charge in [-0.25, -0.2) is 0 Å². The van der Waals surface area contributed by atoms with E-state index in [1.165, 1.54) is 20.0 Å². The molecule has 88 valence electrons. The highest BCUT2D eigenvalue weighted by atomic mass is 16.5. The minimum absolute atomic E-state index is 0.0699. The van der Waals surface area contributed by atoms with Crippen LogP contribution < -0.4 is 11.1 Å². The molecule has 1 aliphatic rings. The van der Waals surface area contributed by atoms with Gasteiger partial charge in [-0.1, -0.05) is 6.92 Å². The van der Waals surface area contributed by atoms with E-state index in [0.29, 0.717) is 6.04 Å². The van der Waals surface area contributed by atoms with Crippen molar-refractivity contribution in [1.29, 1.82) is 0 Å². The molecule has 0 radical (unpaired) electrons. The molecule has 0 saturated heterocycles. The van der Waals surface area contributed by atoms with Crippen LogP contribution in [0.15, 0.2) is 0 Å². The molecule has 1 atom stereocenters. The summed E-state index contributed by atoms with van der Waals surface area (Å²) >= 11 is 0. The molecule has 0 heterocycles. The summed E-state index contributed by atoms with van der Waals surface area (Å²) in [5.41, 5.74) is 5.43. The van der Waals surface area contributed by atoms with E-state index in [4.69, 9.17) is 10.5 Å². The first-order chi connectivity index (χ1) is 7.17. The van der Waals surface area contributed by atoms with Crippen molar-refractivity contribution in [3.8, 4) is 0 Å². The van der Waals surface area contributed by atoms with Crippen LogP contribution >= 0.6 is 0 Å². The lowest BCUT2D eigenvalue weighted by atomic mass is 9.87. The predicted molar refractivity (Wildman–Crippen MR) is 59.4 cm³/mol. The lowest BCUT2D eigenvalue weighted by Gasteiger charge is -2.28. The lowest BCUT2D eigenvalue weighted by molar-refractivity contribution is -0.131. The molecule has 0 bridgehead atoms. The van der Waals surface area contributed by atoms with E-state index in [2.05, 4.69) is 12.2 Å². The summed E-state index contributed by atoms with van der Waals surface area (Å²) < 4.78 is 4.99. The normalized spacial score (nSPS) is 28.5. The number of nitrogens with one attached hydrogen (secondary N) is 1. The molecule has 1 saturated carbocycles. The highest BCUT2D eigenvalue weighted by Gasteiger charge is 2.23. The number of hydrogen-bond acceptors (Lipinski definition) is 3. The van der Waals surface area contributed by atoms with Gasteiger partial charge in [-0.2, -0.15) is 0 Å². The van der Waals surface area contributed by atoms with Crippen molar-refractivity contribution in [3.63, 3.8) is 0 Å². The van der Waals surface area contributed by atoms with E-state index in [1.54, 1.807) is 0 Å². The summed E-state index contributed by atoms with van der Waals surface area (Å²) in [6, 6.07) is 0.317. The minimum atomic E-state index is -0.496. The minimum Gasteiger partial charge on any atom is -0.370 e. The maximum absolute atomic E-state index is 11.6. The SMILES string of the molecule is COC(CN)C(=O)NC1CCC(C)CC1. The van der Waals surface area contributed by atoms with Gasteiger partial charge in [0.05, 0.1) is 0 Å². The van der Waals surface area contributed by atoms with E-state index in [-0.39, 0.29) is 12.5 Å². The Balaban J connectivity index is 2.31. The second-order valence-electron chi connectivity index (χ2n) is 4.43. The first-order valence-electron chi connectivity index (χ1n) is 5.70. The second kappa shape index (κ2) is 6.08. The smallest absolute Gasteiger partial charge is 0.250 e. The Morgan fingerprint density at radius 1 is 1.47 bits per heavy atom. The Morgan fingerprint density at radius 2 is 2.07 bits per heavy atom. The maximum Gasteiger partial charge on any atom is 0.250 e. The van der Waals surface area contributed by atoms with Crippen LogP contribution in [0.5, 0.6) is 0 Å². The van der Waals surface area contributed by atoms with E-state index < -0.39 is 6.10 Å². The highest BCUT2D eigenvalue weighted by Crippen LogP contribution is 2.23. The van der Waals surface area contributed by atoms with Gasteiger partial charge >= 0.3 is 0 Å². The van der Waals surface area contributed by atoms with Gasteiger partial charge in [-0.3, -0.25) is 4.79 Å². The molecule has 1 aliphatic carbocycles. The van der Waals surface area contributed by atoms with Crippen molar-refractivity contribution in [2.24, 2.45) is 11.7 Å². The molecule has 1 rings (SSSR count). The van der Waals surface area contributed by atoms with Crippen molar-refractivity contribution < 1.29 is 9.53 Å². The third kappa shape index (κ3) is 3.80. The lowest BCUT2D eigenvalue weighted by Crippen LogP contribution is -2.46. The molecule has 0 spiro atoms. The largest absolute Gasteiger partial charge is 0.370 e. The van der Waals surface area contributed by atoms with Crippen LogP contribution in [-0.4, -0.2) is 31.7 Å². The van der Waals surface area contributed by atoms with Crippen LogP contribution in [0.25, 0.3) is 0 Å². The Hall–Kier alpha value is -0.610. The van der Waals surface area contributed by atoms with Crippen molar-refractivity contribution in [3.05, 3.63) is 0 Å². The van der Waals surface area contributed by atoms with E-state index >= 15 is 0 Å². The number of amides is 1. The zero-order chi connectivity index (χ0) is 11.3. The van der Waals surface area contributed by atoms with Gasteiger partial charge in [0.1, 0.15) is 6.10 Å². The van der Waals surface area contributed by atoms with Gasteiger partial charge in [0.25, 0.3) is 5.91 Å². The van der Waals surface area contributed by atoms with Gasteiger partial charge in [0.15, 0.2) is 0 Å². The summed E-state index contributed by atoms with van der Waals surface area (Å²) in [7, 11) is 1.51. The summed E-state index contributed by atoms with van der Waals surface area (Å²) in [5, 5.41) is 3.00. The number of carbonyl (C=O) groups is 1. The molecular formula is C11H22N2O2. The standard InChI is InChI=1S/C11H22N2O2/c1-8-3-5-9(6-4-8)13-11(14)10(7-12)15-2/h8-10H,3-7,12H2,1-2H3,(H,13,14). The zero-order valence-corrected chi connectivity index (χ0v) is 9.66. The molecule has 0 aliphatic heterocycles. The fourth-order valence-electron chi connectivity index (χ4n) is 2.01. The summed E-state index contributed by atoms with van der Waals surface area (Å²) in [6.07, 6.45) is 4.06. The number of methoxy groups -OCH3 is 1. The molecule has 0 aromatic heterocycles. The van der Waals surface area contributed by atoms with Crippen molar-refractivity contribution in [1.82, 2.24) is 5.32 Å². The average Bonchev–Trinajstić information content (AvgIpc) is 2.23. The summed E-state index contributed by atoms with van der Waals surface area (Å²) in [4.78, 5) is 11.6. The first kappa shape index (κ1) is 12.5. The highest BCUT2D eigenvalue weighted by molar-refractivity contribution is 5.81. The van der Waals surface area contributed by atoms with E-state index in [1.807, 2.05) is 0 Å². The number of carbonyl (C=O) groups excluding carboxylic acids is 1. The second-order valence-corrected chi connectivity index (χ2v) is 4.43. The molecule has 1 unspecified atom stereocenters. The molecule has 4 heteroatoms. The van der Waals surface area contributed by atoms with Crippen LogP contribution in [0.3, 0.4) is 0 Å². The Morgan fingerprint density at radius 3 is 2.53 bits per heavy atom. The number of ether oxygens (including phenoxy) is 1. The zero-order valence-electron chi connectivity index (χ0n) is 9.66. The van der Waals surface area contributed by atoms with Crippen molar-refractivity contribution in [2.45, 2.75) is 44.8 Å². The van der Waals surface area contributed by atoms with Crippen molar-refractivity contribution in [2.75, 3.05) is 13.7 Å². The van der Waals surface area contributed by atoms with Gasteiger partial charge in [-0.05, 0) is 31.6 Å². The number of nitrogens with two attached hydrogens (primary N) is 1. The van der Waals surface area contributed by atoms with Crippen LogP contribution in [0.4, 0.5) is 0 Å². The van der Waals surface area contributed by atoms with Gasteiger partial charge in [-0.15, -0.1) is 0 Å². The molecule has 1 amide bonds. The molecule has 15 heavy (non-hydrogen) atoms. The Labute approximate surface area is 91.5 Å². The third-order valence-electron chi connectivity index (χ3n) is 3.15. The van der Waals surface area contributed by atoms with Crippen molar-refractivity contribution >= 4 is 5.91 Å². The van der Waals surface area contributed by atoms with E-state index in [9.17, 15) is 4.79 Å². The van der Waals surface area contributed by atoms with Crippen LogP contribution in [-0.2, 0) is 9.53 Å². The molecule has 0 aromatic carbocycles. The summed E-state index contributed by atoms with van der Waals surface area (Å²) in [5.74, 6) is 0.727. The van der Waals surface area contributed by atoms with Crippen LogP contribution in [0.1, 0.15) is 32.6 Å². The number of hydrogen-bond donors (Lipinski definition) is 2. The molecule has 1 fully saturated rings. The molecular weight excluding hydrogens is 192 g/mol. The monoisotopic (exact) mass is 214 g/mol. The van der Waals surface area contributed by atoms with Gasteiger partial charge < -0.3 is 15.8 Å². The predicted octanol–water partition coefficient (Wildman–Crippen LogP) is 0.655. The summed E-state index contributed by atoms with van der Waals surface area (Å²) in [6.45, 7) is 2.50. The quantitative estimate of drug-likeness (QED) is 0.722. The van der Waals surface area contributed by atoms with E-state index in [0.717, 1.165) is 18.8 Å². The fraction of sp³-hybridized carbons (Fsp3) is 0.909. The van der Waals surface area contributed by atoms with Crippen LogP contribution in [0, 0.1) is 5.92 Å². The topological polar surface area (TPSA) is 64.3 Å². The molecule has 3 N–H and O–H groups in total. The Bertz CT molecular complexity index is 197. The van der Waals surface area contributed by atoms with Gasteiger partial charge in [0.2, 0.25) is 0 Å². The number of rotatable bonds is 4. The Kier molecular flexibility index (Phi) is 5.05. The van der Waals surface area contributed by atoms with Crippen LogP contribution in [0.2, 0.25) is 0 Å².